The molecule has 1 saturated heterocycles. The molecule has 1 aromatic heterocycles. The zero-order chi connectivity index (χ0) is 27.0. The summed E-state index contributed by atoms with van der Waals surface area (Å²) in [4.78, 5) is 27.2. The summed E-state index contributed by atoms with van der Waals surface area (Å²) >= 11 is 6.31. The Hall–Kier alpha value is -3.96. The van der Waals surface area contributed by atoms with Gasteiger partial charge in [0.05, 0.1) is 16.2 Å². The van der Waals surface area contributed by atoms with E-state index in [2.05, 4.69) is 5.32 Å². The van der Waals surface area contributed by atoms with E-state index in [1.54, 1.807) is 16.8 Å². The van der Waals surface area contributed by atoms with E-state index in [1.165, 1.54) is 36.4 Å². The van der Waals surface area contributed by atoms with Gasteiger partial charge in [-0.3, -0.25) is 14.5 Å². The van der Waals surface area contributed by atoms with Gasteiger partial charge in [-0.05, 0) is 54.6 Å². The zero-order valence-electron chi connectivity index (χ0n) is 19.3. The third-order valence-corrected chi connectivity index (χ3v) is 7.08. The van der Waals surface area contributed by atoms with Gasteiger partial charge in [0, 0.05) is 28.4 Å². The second kappa shape index (κ2) is 10.1. The fraction of sp³-hybridized carbons (Fsp3) is 0.0741. The standard InChI is InChI=1S/C27H17F4N3O2S2/c28-18-8-10-19(11-9-18)32-24(35)15-33-14-16(21-6-1-2-7-22(21)33)12-23-25(36)34(26(37)38-23)20-5-3-4-17(13-20)27(29,30)31/h1-14H,15H2,(H,32,35)/b23-12+. The molecule has 0 unspecified atom stereocenters. The highest BCUT2D eigenvalue weighted by Crippen LogP contribution is 2.39. The monoisotopic (exact) mass is 555 g/mol. The Labute approximate surface area is 223 Å². The summed E-state index contributed by atoms with van der Waals surface area (Å²) in [7, 11) is 0. The quantitative estimate of drug-likeness (QED) is 0.166. The molecular formula is C27H17F4N3O2S2. The molecule has 0 atom stereocenters. The largest absolute Gasteiger partial charge is 0.416 e. The van der Waals surface area contributed by atoms with Gasteiger partial charge in [-0.2, -0.15) is 13.2 Å². The van der Waals surface area contributed by atoms with Crippen molar-refractivity contribution in [3.8, 4) is 0 Å². The van der Waals surface area contributed by atoms with Crippen LogP contribution in [0.2, 0.25) is 0 Å². The average molecular weight is 556 g/mol. The molecule has 0 aliphatic carbocycles. The number of benzene rings is 3. The first-order valence-corrected chi connectivity index (χ1v) is 12.4. The lowest BCUT2D eigenvalue weighted by Gasteiger charge is -2.16. The van der Waals surface area contributed by atoms with E-state index < -0.39 is 23.5 Å². The second-order valence-corrected chi connectivity index (χ2v) is 10.0. The third-order valence-electron chi connectivity index (χ3n) is 5.77. The molecule has 11 heteroatoms. The number of hydrogen-bond acceptors (Lipinski definition) is 4. The molecule has 5 nitrogen and oxygen atoms in total. The van der Waals surface area contributed by atoms with E-state index in [-0.39, 0.29) is 27.4 Å². The summed E-state index contributed by atoms with van der Waals surface area (Å²) in [6.45, 7) is -0.0447. The Morgan fingerprint density at radius 1 is 1.03 bits per heavy atom. The van der Waals surface area contributed by atoms with Gasteiger partial charge in [0.15, 0.2) is 4.32 Å². The van der Waals surface area contributed by atoms with Gasteiger partial charge >= 0.3 is 6.18 Å². The molecule has 192 valence electrons. The number of amides is 2. The summed E-state index contributed by atoms with van der Waals surface area (Å²) in [6.07, 6.45) is -1.23. The predicted molar refractivity (Wildman–Crippen MR) is 144 cm³/mol. The highest BCUT2D eigenvalue weighted by molar-refractivity contribution is 8.27. The maximum atomic E-state index is 13.2. The van der Waals surface area contributed by atoms with Crippen LogP contribution in [0.25, 0.3) is 17.0 Å². The summed E-state index contributed by atoms with van der Waals surface area (Å²) in [5, 5.41) is 3.48. The third kappa shape index (κ3) is 5.20. The summed E-state index contributed by atoms with van der Waals surface area (Å²) in [6, 6.07) is 17.1. The number of thioether (sulfide) groups is 1. The van der Waals surface area contributed by atoms with E-state index in [0.29, 0.717) is 11.3 Å². The minimum Gasteiger partial charge on any atom is -0.337 e. The molecule has 2 amide bonds. The first-order chi connectivity index (χ1) is 18.1. The van der Waals surface area contributed by atoms with E-state index >= 15 is 0 Å². The molecule has 1 fully saturated rings. The molecule has 1 aliphatic rings. The highest BCUT2D eigenvalue weighted by Gasteiger charge is 2.36. The Morgan fingerprint density at radius 3 is 2.50 bits per heavy atom. The van der Waals surface area contributed by atoms with Crippen LogP contribution in [0.3, 0.4) is 0 Å². The number of rotatable bonds is 5. The number of nitrogens with one attached hydrogen (secondary N) is 1. The lowest BCUT2D eigenvalue weighted by atomic mass is 10.1. The molecule has 0 spiro atoms. The Kier molecular flexibility index (Phi) is 6.80. The number of thiocarbonyl (C=S) groups is 1. The molecule has 0 saturated carbocycles. The lowest BCUT2D eigenvalue weighted by molar-refractivity contribution is -0.137. The second-order valence-electron chi connectivity index (χ2n) is 8.35. The fourth-order valence-corrected chi connectivity index (χ4v) is 5.35. The first kappa shape index (κ1) is 25.7. The van der Waals surface area contributed by atoms with Gasteiger partial charge in [-0.1, -0.05) is 48.2 Å². The molecule has 3 aromatic carbocycles. The van der Waals surface area contributed by atoms with Crippen molar-refractivity contribution in [2.24, 2.45) is 0 Å². The lowest BCUT2D eigenvalue weighted by Crippen LogP contribution is -2.27. The maximum Gasteiger partial charge on any atom is 0.416 e. The number of carbonyl (C=O) groups is 2. The van der Waals surface area contributed by atoms with Crippen molar-refractivity contribution in [1.29, 1.82) is 0 Å². The number of anilines is 2. The number of carbonyl (C=O) groups excluding carboxylic acids is 2. The van der Waals surface area contributed by atoms with E-state index in [9.17, 15) is 27.2 Å². The van der Waals surface area contributed by atoms with Crippen molar-refractivity contribution < 1.29 is 27.2 Å². The number of alkyl halides is 3. The normalized spacial score (nSPS) is 15.1. The van der Waals surface area contributed by atoms with Crippen LogP contribution in [-0.4, -0.2) is 20.7 Å². The minimum absolute atomic E-state index is 0.0330. The highest BCUT2D eigenvalue weighted by atomic mass is 32.2. The van der Waals surface area contributed by atoms with Crippen LogP contribution >= 0.6 is 24.0 Å². The molecule has 1 N–H and O–H groups in total. The van der Waals surface area contributed by atoms with Crippen molar-refractivity contribution in [2.75, 3.05) is 10.2 Å². The smallest absolute Gasteiger partial charge is 0.337 e. The van der Waals surface area contributed by atoms with Crippen LogP contribution in [0.4, 0.5) is 28.9 Å². The number of halogens is 4. The van der Waals surface area contributed by atoms with Crippen LogP contribution in [0.5, 0.6) is 0 Å². The number of para-hydroxylation sites is 1. The first-order valence-electron chi connectivity index (χ1n) is 11.2. The molecule has 5 rings (SSSR count). The van der Waals surface area contributed by atoms with Crippen molar-refractivity contribution in [1.82, 2.24) is 4.57 Å². The number of aromatic nitrogens is 1. The summed E-state index contributed by atoms with van der Waals surface area (Å²) < 4.78 is 54.6. The van der Waals surface area contributed by atoms with Crippen LogP contribution in [-0.2, 0) is 22.3 Å². The van der Waals surface area contributed by atoms with E-state index in [0.717, 1.165) is 39.7 Å². The van der Waals surface area contributed by atoms with E-state index in [1.807, 2.05) is 24.3 Å². The molecular weight excluding hydrogens is 538 g/mol. The minimum atomic E-state index is -4.56. The van der Waals surface area contributed by atoms with Crippen molar-refractivity contribution in [2.45, 2.75) is 12.7 Å². The van der Waals surface area contributed by atoms with Crippen LogP contribution in [0.15, 0.2) is 83.9 Å². The van der Waals surface area contributed by atoms with E-state index in [4.69, 9.17) is 12.2 Å². The maximum absolute atomic E-state index is 13.2. The molecule has 4 aromatic rings. The molecule has 1 aliphatic heterocycles. The fourth-order valence-electron chi connectivity index (χ4n) is 4.06. The Balaban J connectivity index is 1.43. The summed E-state index contributed by atoms with van der Waals surface area (Å²) in [5.41, 5.74) is 0.980. The van der Waals surface area contributed by atoms with Crippen molar-refractivity contribution >= 4 is 68.5 Å². The number of nitrogens with zero attached hydrogens (tertiary/aromatic N) is 2. The van der Waals surface area contributed by atoms with Gasteiger partial charge in [0.2, 0.25) is 5.91 Å². The molecule has 0 bridgehead atoms. The predicted octanol–water partition coefficient (Wildman–Crippen LogP) is 6.84. The van der Waals surface area contributed by atoms with Crippen molar-refractivity contribution in [3.63, 3.8) is 0 Å². The van der Waals surface area contributed by atoms with Gasteiger partial charge in [0.1, 0.15) is 12.4 Å². The average Bonchev–Trinajstić information content (AvgIpc) is 3.36. The van der Waals surface area contributed by atoms with Gasteiger partial charge in [0.25, 0.3) is 5.91 Å². The Morgan fingerprint density at radius 2 is 1.76 bits per heavy atom. The SMILES string of the molecule is O=C(Cn1cc(/C=C2/SC(=S)N(c3cccc(C(F)(F)F)c3)C2=O)c2ccccc21)Nc1ccc(F)cc1. The van der Waals surface area contributed by atoms with Crippen molar-refractivity contribution in [3.05, 3.63) is 101 Å². The van der Waals surface area contributed by atoms with Crippen LogP contribution in [0, 0.1) is 5.82 Å². The van der Waals surface area contributed by atoms with Gasteiger partial charge in [-0.25, -0.2) is 4.39 Å². The Bertz CT molecular complexity index is 1610. The number of fused-ring (bicyclic) bond motifs is 1. The van der Waals surface area contributed by atoms with Gasteiger partial charge < -0.3 is 9.88 Å². The molecule has 2 heterocycles. The van der Waals surface area contributed by atoms with Gasteiger partial charge in [-0.15, -0.1) is 0 Å². The summed E-state index contributed by atoms with van der Waals surface area (Å²) in [5.74, 6) is -1.28. The molecule has 0 radical (unpaired) electrons. The molecule has 38 heavy (non-hydrogen) atoms. The zero-order valence-corrected chi connectivity index (χ0v) is 21.0. The van der Waals surface area contributed by atoms with Crippen LogP contribution in [0.1, 0.15) is 11.1 Å². The topological polar surface area (TPSA) is 54.3 Å². The van der Waals surface area contributed by atoms with Crippen LogP contribution < -0.4 is 10.2 Å². The number of hydrogen-bond donors (Lipinski definition) is 1.